The molecule has 1 saturated carbocycles. The fraction of sp³-hybridized carbons (Fsp3) is 0.500. The number of Topliss-reactive ketones (excluding diaryl/α,β-unsaturated/α-hetero) is 1. The van der Waals surface area contributed by atoms with Gasteiger partial charge in [0.2, 0.25) is 0 Å². The van der Waals surface area contributed by atoms with Gasteiger partial charge in [0.25, 0.3) is 0 Å². The molecule has 0 saturated heterocycles. The van der Waals surface area contributed by atoms with Crippen molar-refractivity contribution in [1.29, 1.82) is 0 Å². The van der Waals surface area contributed by atoms with E-state index in [1.54, 1.807) is 0 Å². The van der Waals surface area contributed by atoms with Crippen molar-refractivity contribution in [3.05, 3.63) is 35.4 Å². The highest BCUT2D eigenvalue weighted by Crippen LogP contribution is 2.36. The first-order valence-electron chi connectivity index (χ1n) is 6.14. The standard InChI is InChI=1S/C14H19NO/c15-10-2-5-14(16)13-8-6-12(7-9-13)11-3-1-4-11/h6-9,11H,1-5,10,15H2. The molecule has 0 aromatic heterocycles. The summed E-state index contributed by atoms with van der Waals surface area (Å²) in [6.07, 6.45) is 5.31. The molecule has 1 aromatic rings. The van der Waals surface area contributed by atoms with Gasteiger partial charge in [-0.3, -0.25) is 4.79 Å². The van der Waals surface area contributed by atoms with E-state index in [-0.39, 0.29) is 5.78 Å². The van der Waals surface area contributed by atoms with Crippen molar-refractivity contribution in [2.24, 2.45) is 5.73 Å². The Bertz CT molecular complexity index is 352. The van der Waals surface area contributed by atoms with Crippen molar-refractivity contribution in [1.82, 2.24) is 0 Å². The fourth-order valence-electron chi connectivity index (χ4n) is 2.09. The largest absolute Gasteiger partial charge is 0.330 e. The lowest BCUT2D eigenvalue weighted by molar-refractivity contribution is 0.0981. The van der Waals surface area contributed by atoms with E-state index in [1.165, 1.54) is 24.8 Å². The average molecular weight is 217 g/mol. The molecule has 0 amide bonds. The molecule has 0 aliphatic heterocycles. The van der Waals surface area contributed by atoms with Gasteiger partial charge in [0.15, 0.2) is 5.78 Å². The van der Waals surface area contributed by atoms with Crippen molar-refractivity contribution in [2.75, 3.05) is 6.54 Å². The Hall–Kier alpha value is -1.15. The Labute approximate surface area is 96.8 Å². The quantitative estimate of drug-likeness (QED) is 0.771. The Balaban J connectivity index is 1.98. The number of rotatable bonds is 5. The van der Waals surface area contributed by atoms with Gasteiger partial charge in [0.05, 0.1) is 0 Å². The molecule has 2 N–H and O–H groups in total. The van der Waals surface area contributed by atoms with Crippen LogP contribution in [0.1, 0.15) is 53.9 Å². The summed E-state index contributed by atoms with van der Waals surface area (Å²) in [5.74, 6) is 0.957. The van der Waals surface area contributed by atoms with Crippen molar-refractivity contribution in [3.8, 4) is 0 Å². The Morgan fingerprint density at radius 1 is 1.25 bits per heavy atom. The maximum atomic E-state index is 11.7. The number of ketones is 1. The van der Waals surface area contributed by atoms with Crippen LogP contribution < -0.4 is 5.73 Å². The van der Waals surface area contributed by atoms with E-state index < -0.39 is 0 Å². The summed E-state index contributed by atoms with van der Waals surface area (Å²) in [6.45, 7) is 0.589. The van der Waals surface area contributed by atoms with Crippen LogP contribution in [-0.4, -0.2) is 12.3 Å². The molecule has 2 nitrogen and oxygen atoms in total. The Morgan fingerprint density at radius 2 is 1.94 bits per heavy atom. The summed E-state index contributed by atoms with van der Waals surface area (Å²) < 4.78 is 0. The molecule has 1 aromatic carbocycles. The molecule has 2 heteroatoms. The summed E-state index contributed by atoms with van der Waals surface area (Å²) in [5.41, 5.74) is 7.61. The lowest BCUT2D eigenvalue weighted by atomic mass is 9.80. The number of carbonyl (C=O) groups is 1. The van der Waals surface area contributed by atoms with E-state index in [4.69, 9.17) is 5.73 Å². The number of benzene rings is 1. The summed E-state index contributed by atoms with van der Waals surface area (Å²) in [7, 11) is 0. The monoisotopic (exact) mass is 217 g/mol. The molecule has 0 spiro atoms. The predicted octanol–water partition coefficient (Wildman–Crippen LogP) is 2.88. The predicted molar refractivity (Wildman–Crippen MR) is 65.7 cm³/mol. The third-order valence-corrected chi connectivity index (χ3v) is 3.42. The molecule has 86 valence electrons. The molecule has 1 fully saturated rings. The van der Waals surface area contributed by atoms with E-state index in [0.29, 0.717) is 13.0 Å². The van der Waals surface area contributed by atoms with Crippen molar-refractivity contribution >= 4 is 5.78 Å². The van der Waals surface area contributed by atoms with Crippen LogP contribution in [0.2, 0.25) is 0 Å². The molecule has 2 rings (SSSR count). The summed E-state index contributed by atoms with van der Waals surface area (Å²) in [6, 6.07) is 8.15. The van der Waals surface area contributed by atoms with Crippen molar-refractivity contribution in [2.45, 2.75) is 38.0 Å². The van der Waals surface area contributed by atoms with Crippen molar-refractivity contribution < 1.29 is 4.79 Å². The van der Waals surface area contributed by atoms with Crippen LogP contribution in [0.15, 0.2) is 24.3 Å². The molecule has 0 unspecified atom stereocenters. The van der Waals surface area contributed by atoms with E-state index >= 15 is 0 Å². The second-order valence-electron chi connectivity index (χ2n) is 4.57. The third kappa shape index (κ3) is 2.50. The smallest absolute Gasteiger partial charge is 0.162 e. The molecule has 1 aliphatic rings. The zero-order chi connectivity index (χ0) is 11.4. The minimum absolute atomic E-state index is 0.214. The van der Waals surface area contributed by atoms with Gasteiger partial charge in [0, 0.05) is 12.0 Å². The normalized spacial score (nSPS) is 15.8. The van der Waals surface area contributed by atoms with Crippen LogP contribution in [-0.2, 0) is 0 Å². The first-order valence-corrected chi connectivity index (χ1v) is 6.14. The highest BCUT2D eigenvalue weighted by atomic mass is 16.1. The van der Waals surface area contributed by atoms with Crippen LogP contribution in [0, 0.1) is 0 Å². The third-order valence-electron chi connectivity index (χ3n) is 3.42. The molecule has 1 aliphatic carbocycles. The molecule has 0 atom stereocenters. The van der Waals surface area contributed by atoms with Crippen molar-refractivity contribution in [3.63, 3.8) is 0 Å². The second kappa shape index (κ2) is 5.26. The van der Waals surface area contributed by atoms with Crippen LogP contribution in [0.4, 0.5) is 0 Å². The topological polar surface area (TPSA) is 43.1 Å². The number of carbonyl (C=O) groups excluding carboxylic acids is 1. The van der Waals surface area contributed by atoms with E-state index in [2.05, 4.69) is 12.1 Å². The number of hydrogen-bond acceptors (Lipinski definition) is 2. The lowest BCUT2D eigenvalue weighted by Gasteiger charge is -2.25. The average Bonchev–Trinajstić information content (AvgIpc) is 2.24. The van der Waals surface area contributed by atoms with Crippen LogP contribution >= 0.6 is 0 Å². The van der Waals surface area contributed by atoms with E-state index in [0.717, 1.165) is 17.9 Å². The highest BCUT2D eigenvalue weighted by Gasteiger charge is 2.19. The SMILES string of the molecule is NCCCC(=O)c1ccc(C2CCC2)cc1. The lowest BCUT2D eigenvalue weighted by Crippen LogP contribution is -2.09. The van der Waals surface area contributed by atoms with Crippen LogP contribution in [0.5, 0.6) is 0 Å². The molecular weight excluding hydrogens is 198 g/mol. The molecular formula is C14H19NO. The van der Waals surface area contributed by atoms with Gasteiger partial charge in [-0.15, -0.1) is 0 Å². The molecule has 0 heterocycles. The van der Waals surface area contributed by atoms with Gasteiger partial charge >= 0.3 is 0 Å². The van der Waals surface area contributed by atoms with Gasteiger partial charge in [0.1, 0.15) is 0 Å². The van der Waals surface area contributed by atoms with E-state index in [1.807, 2.05) is 12.1 Å². The Morgan fingerprint density at radius 3 is 2.44 bits per heavy atom. The van der Waals surface area contributed by atoms with Crippen LogP contribution in [0.3, 0.4) is 0 Å². The zero-order valence-electron chi connectivity index (χ0n) is 9.61. The minimum Gasteiger partial charge on any atom is -0.330 e. The van der Waals surface area contributed by atoms with E-state index in [9.17, 15) is 4.79 Å². The van der Waals surface area contributed by atoms with Gasteiger partial charge in [-0.05, 0) is 37.3 Å². The zero-order valence-corrected chi connectivity index (χ0v) is 9.61. The first kappa shape index (κ1) is 11.3. The minimum atomic E-state index is 0.214. The Kier molecular flexibility index (Phi) is 3.73. The maximum Gasteiger partial charge on any atom is 0.162 e. The molecule has 0 radical (unpaired) electrons. The first-order chi connectivity index (χ1) is 7.81. The highest BCUT2D eigenvalue weighted by molar-refractivity contribution is 5.96. The fourth-order valence-corrected chi connectivity index (χ4v) is 2.09. The van der Waals surface area contributed by atoms with Gasteiger partial charge in [-0.1, -0.05) is 30.7 Å². The number of hydrogen-bond donors (Lipinski definition) is 1. The van der Waals surface area contributed by atoms with Gasteiger partial charge < -0.3 is 5.73 Å². The molecule has 0 bridgehead atoms. The van der Waals surface area contributed by atoms with Gasteiger partial charge in [-0.2, -0.15) is 0 Å². The summed E-state index contributed by atoms with van der Waals surface area (Å²) in [5, 5.41) is 0. The molecule has 16 heavy (non-hydrogen) atoms. The van der Waals surface area contributed by atoms with Gasteiger partial charge in [-0.25, -0.2) is 0 Å². The van der Waals surface area contributed by atoms with Crippen LogP contribution in [0.25, 0.3) is 0 Å². The summed E-state index contributed by atoms with van der Waals surface area (Å²) >= 11 is 0. The summed E-state index contributed by atoms with van der Waals surface area (Å²) in [4.78, 5) is 11.7. The second-order valence-corrected chi connectivity index (χ2v) is 4.57. The maximum absolute atomic E-state index is 11.7. The number of nitrogens with two attached hydrogens (primary N) is 1.